The number of amides is 1. The summed E-state index contributed by atoms with van der Waals surface area (Å²) in [5.41, 5.74) is 2.85. The molecular weight excluding hydrogens is 443 g/mol. The molecule has 12 heteroatoms. The average molecular weight is 466 g/mol. The highest BCUT2D eigenvalue weighted by molar-refractivity contribution is 7.20. The Hall–Kier alpha value is -3.15. The van der Waals surface area contributed by atoms with Gasteiger partial charge in [-0.05, 0) is 33.8 Å². The number of alkyl halides is 3. The van der Waals surface area contributed by atoms with Gasteiger partial charge in [-0.25, -0.2) is 0 Å². The van der Waals surface area contributed by atoms with Crippen LogP contribution in [-0.2, 0) is 26.3 Å². The highest BCUT2D eigenvalue weighted by atomic mass is 32.1. The van der Waals surface area contributed by atoms with E-state index in [1.807, 2.05) is 31.6 Å². The molecule has 0 atom stereocenters. The number of nitrogens with one attached hydrogen (secondary N) is 1. The molecule has 0 unspecified atom stereocenters. The highest BCUT2D eigenvalue weighted by Gasteiger charge is 2.37. The lowest BCUT2D eigenvalue weighted by Gasteiger charge is -2.06. The van der Waals surface area contributed by atoms with Crippen LogP contribution in [0.5, 0.6) is 0 Å². The number of anilines is 1. The standard InChI is InChI=1S/C20H22F3N7OS/c1-6-29-8-13(10(2)25-29)9-30-12(4)16(11(3)26-30)24-18(31)15-7-14-17(20(21,22)23)27-28(5)19(14)32-15/h7-8H,6,9H2,1-5H3,(H,24,31). The van der Waals surface area contributed by atoms with E-state index >= 15 is 0 Å². The van der Waals surface area contributed by atoms with Crippen molar-refractivity contribution in [1.82, 2.24) is 29.3 Å². The van der Waals surface area contributed by atoms with Crippen molar-refractivity contribution in [2.75, 3.05) is 5.32 Å². The number of fused-ring (bicyclic) bond motifs is 1. The molecule has 0 radical (unpaired) electrons. The first kappa shape index (κ1) is 22.1. The molecule has 1 N–H and O–H groups in total. The molecule has 0 spiro atoms. The summed E-state index contributed by atoms with van der Waals surface area (Å²) in [6.07, 6.45) is -2.63. The van der Waals surface area contributed by atoms with Gasteiger partial charge in [-0.15, -0.1) is 11.3 Å². The maximum absolute atomic E-state index is 13.2. The second-order valence-corrected chi connectivity index (χ2v) is 8.58. The fourth-order valence-corrected chi connectivity index (χ4v) is 4.57. The summed E-state index contributed by atoms with van der Waals surface area (Å²) in [6, 6.07) is 1.24. The number of carbonyl (C=O) groups is 1. The Balaban J connectivity index is 1.61. The van der Waals surface area contributed by atoms with Gasteiger partial charge in [0.25, 0.3) is 5.91 Å². The van der Waals surface area contributed by atoms with Crippen molar-refractivity contribution in [3.05, 3.63) is 45.5 Å². The van der Waals surface area contributed by atoms with Gasteiger partial charge in [0.1, 0.15) is 4.83 Å². The van der Waals surface area contributed by atoms with Crippen LogP contribution in [0.1, 0.15) is 44.9 Å². The molecule has 0 bridgehead atoms. The SMILES string of the molecule is CCn1cc(Cn2nc(C)c(NC(=O)c3cc4c(C(F)(F)F)nn(C)c4s3)c2C)c(C)n1. The summed E-state index contributed by atoms with van der Waals surface area (Å²) in [5.74, 6) is -0.486. The average Bonchev–Trinajstić information content (AvgIpc) is 3.43. The maximum Gasteiger partial charge on any atom is 0.435 e. The van der Waals surface area contributed by atoms with Gasteiger partial charge in [0.2, 0.25) is 0 Å². The van der Waals surface area contributed by atoms with E-state index in [2.05, 4.69) is 20.6 Å². The van der Waals surface area contributed by atoms with Gasteiger partial charge in [0.15, 0.2) is 5.69 Å². The van der Waals surface area contributed by atoms with Crippen LogP contribution < -0.4 is 5.32 Å². The Morgan fingerprint density at radius 3 is 2.50 bits per heavy atom. The van der Waals surface area contributed by atoms with Gasteiger partial charge in [-0.3, -0.25) is 18.8 Å². The molecule has 8 nitrogen and oxygen atoms in total. The molecule has 4 rings (SSSR count). The molecular formula is C20H22F3N7OS. The molecule has 0 aliphatic carbocycles. The first-order valence-electron chi connectivity index (χ1n) is 9.91. The lowest BCUT2D eigenvalue weighted by molar-refractivity contribution is -0.140. The van der Waals surface area contributed by atoms with Crippen molar-refractivity contribution in [3.63, 3.8) is 0 Å². The minimum Gasteiger partial charge on any atom is -0.318 e. The van der Waals surface area contributed by atoms with E-state index in [0.29, 0.717) is 17.9 Å². The van der Waals surface area contributed by atoms with E-state index in [-0.39, 0.29) is 15.1 Å². The number of hydrogen-bond donors (Lipinski definition) is 1. The monoisotopic (exact) mass is 465 g/mol. The molecule has 0 aliphatic rings. The first-order valence-corrected chi connectivity index (χ1v) is 10.7. The molecule has 4 aromatic rings. The smallest absolute Gasteiger partial charge is 0.318 e. The van der Waals surface area contributed by atoms with Gasteiger partial charge in [0.05, 0.1) is 34.2 Å². The number of halogens is 3. The number of thiophene rings is 1. The molecule has 0 aliphatic heterocycles. The molecule has 4 aromatic heterocycles. The van der Waals surface area contributed by atoms with Crippen LogP contribution in [0.15, 0.2) is 12.3 Å². The Morgan fingerprint density at radius 1 is 1.16 bits per heavy atom. The van der Waals surface area contributed by atoms with E-state index < -0.39 is 17.8 Å². The Labute approximate surface area is 185 Å². The maximum atomic E-state index is 13.2. The normalized spacial score (nSPS) is 12.1. The van der Waals surface area contributed by atoms with Crippen molar-refractivity contribution >= 4 is 33.1 Å². The van der Waals surface area contributed by atoms with Crippen molar-refractivity contribution < 1.29 is 18.0 Å². The second kappa shape index (κ2) is 7.76. The van der Waals surface area contributed by atoms with E-state index in [0.717, 1.165) is 39.5 Å². The highest BCUT2D eigenvalue weighted by Crippen LogP contribution is 2.37. The van der Waals surface area contributed by atoms with Crippen LogP contribution in [0.2, 0.25) is 0 Å². The molecule has 0 saturated carbocycles. The van der Waals surface area contributed by atoms with E-state index in [9.17, 15) is 18.0 Å². The van der Waals surface area contributed by atoms with Crippen LogP contribution in [0.25, 0.3) is 10.2 Å². The van der Waals surface area contributed by atoms with Gasteiger partial charge < -0.3 is 5.32 Å². The molecule has 4 heterocycles. The number of rotatable bonds is 5. The summed E-state index contributed by atoms with van der Waals surface area (Å²) in [5, 5.41) is 15.2. The van der Waals surface area contributed by atoms with Gasteiger partial charge in [-0.2, -0.15) is 28.5 Å². The zero-order chi connectivity index (χ0) is 23.4. The summed E-state index contributed by atoms with van der Waals surface area (Å²) in [7, 11) is 1.43. The molecule has 0 fully saturated rings. The Kier molecular flexibility index (Phi) is 5.35. The molecule has 170 valence electrons. The lowest BCUT2D eigenvalue weighted by Crippen LogP contribution is -2.12. The number of aryl methyl sites for hydroxylation is 4. The minimum atomic E-state index is -4.59. The number of nitrogens with zero attached hydrogens (tertiary/aromatic N) is 6. The third-order valence-electron chi connectivity index (χ3n) is 5.32. The molecule has 1 amide bonds. The Bertz CT molecular complexity index is 1330. The molecule has 0 saturated heterocycles. The molecule has 0 aromatic carbocycles. The summed E-state index contributed by atoms with van der Waals surface area (Å²) < 4.78 is 44.5. The van der Waals surface area contributed by atoms with Gasteiger partial charge >= 0.3 is 6.18 Å². The number of carbonyl (C=O) groups excluding carboxylic acids is 1. The van der Waals surface area contributed by atoms with Crippen LogP contribution >= 0.6 is 11.3 Å². The fourth-order valence-electron chi connectivity index (χ4n) is 3.61. The number of aromatic nitrogens is 6. The van der Waals surface area contributed by atoms with Crippen LogP contribution in [-0.4, -0.2) is 35.2 Å². The van der Waals surface area contributed by atoms with Crippen molar-refractivity contribution in [2.45, 2.75) is 47.0 Å². The topological polar surface area (TPSA) is 82.6 Å². The number of hydrogen-bond acceptors (Lipinski definition) is 5. The van der Waals surface area contributed by atoms with Crippen LogP contribution in [0.3, 0.4) is 0 Å². The van der Waals surface area contributed by atoms with Crippen molar-refractivity contribution in [3.8, 4) is 0 Å². The summed E-state index contributed by atoms with van der Waals surface area (Å²) in [6.45, 7) is 8.82. The van der Waals surface area contributed by atoms with Crippen molar-refractivity contribution in [1.29, 1.82) is 0 Å². The summed E-state index contributed by atoms with van der Waals surface area (Å²) >= 11 is 0.967. The third kappa shape index (κ3) is 3.78. The van der Waals surface area contributed by atoms with E-state index in [4.69, 9.17) is 0 Å². The van der Waals surface area contributed by atoms with Crippen LogP contribution in [0, 0.1) is 20.8 Å². The minimum absolute atomic E-state index is 0.0808. The van der Waals surface area contributed by atoms with Gasteiger partial charge in [-0.1, -0.05) is 0 Å². The lowest BCUT2D eigenvalue weighted by atomic mass is 10.2. The zero-order valence-electron chi connectivity index (χ0n) is 18.2. The van der Waals surface area contributed by atoms with Crippen molar-refractivity contribution in [2.24, 2.45) is 7.05 Å². The fraction of sp³-hybridized carbons (Fsp3) is 0.400. The predicted molar refractivity (Wildman–Crippen MR) is 115 cm³/mol. The van der Waals surface area contributed by atoms with E-state index in [1.165, 1.54) is 13.1 Å². The predicted octanol–water partition coefficient (Wildman–Crippen LogP) is 4.29. The third-order valence-corrected chi connectivity index (χ3v) is 6.52. The zero-order valence-corrected chi connectivity index (χ0v) is 19.0. The first-order chi connectivity index (χ1) is 15.0. The van der Waals surface area contributed by atoms with Gasteiger partial charge in [0, 0.05) is 30.7 Å². The summed E-state index contributed by atoms with van der Waals surface area (Å²) in [4.78, 5) is 13.3. The van der Waals surface area contributed by atoms with Crippen LogP contribution in [0.4, 0.5) is 18.9 Å². The van der Waals surface area contributed by atoms with E-state index in [1.54, 1.807) is 11.6 Å². The molecule has 32 heavy (non-hydrogen) atoms. The second-order valence-electron chi connectivity index (χ2n) is 7.55. The Morgan fingerprint density at radius 2 is 1.88 bits per heavy atom. The quantitative estimate of drug-likeness (QED) is 0.477. The largest absolute Gasteiger partial charge is 0.435 e.